The van der Waals surface area contributed by atoms with Crippen LogP contribution < -0.4 is 17.0 Å². The molecule has 0 amide bonds. The van der Waals surface area contributed by atoms with Crippen molar-refractivity contribution < 1.29 is 17.0 Å². The number of rotatable bonds is 1. The zero-order valence-electron chi connectivity index (χ0n) is 13.3. The Morgan fingerprint density at radius 3 is 2.22 bits per heavy atom. The summed E-state index contributed by atoms with van der Waals surface area (Å²) >= 11 is 0. The molecule has 0 unspecified atom stereocenters. The van der Waals surface area contributed by atoms with E-state index in [2.05, 4.69) is 91.5 Å². The van der Waals surface area contributed by atoms with Crippen molar-refractivity contribution in [3.05, 3.63) is 78.5 Å². The van der Waals surface area contributed by atoms with Crippen LogP contribution in [0.3, 0.4) is 0 Å². The fourth-order valence-corrected chi connectivity index (χ4v) is 3.38. The van der Waals surface area contributed by atoms with Gasteiger partial charge in [-0.1, -0.05) is 48.5 Å². The maximum Gasteiger partial charge on any atom is 0.215 e. The lowest BCUT2D eigenvalue weighted by Gasteiger charge is -2.09. The van der Waals surface area contributed by atoms with Crippen LogP contribution in [0.2, 0.25) is 0 Å². The van der Waals surface area contributed by atoms with E-state index in [1.807, 2.05) is 0 Å². The Labute approximate surface area is 142 Å². The van der Waals surface area contributed by atoms with E-state index in [-0.39, 0.29) is 12.4 Å². The standard InChI is InChI=1S/C21H18N.ClH/c1-15-12-18(16-8-4-3-5-9-16)13-20-19-11-7-6-10-17(19)14-22(2)21(15)20;/h3-14H,1-2H3;1H/q+1;/p-1. The normalized spacial score (nSPS) is 10.7. The Balaban J connectivity index is 0.00000156. The molecule has 0 aliphatic rings. The van der Waals surface area contributed by atoms with E-state index in [0.717, 1.165) is 0 Å². The first-order valence-electron chi connectivity index (χ1n) is 7.61. The molecule has 0 spiro atoms. The molecule has 4 rings (SSSR count). The van der Waals surface area contributed by atoms with E-state index < -0.39 is 0 Å². The number of benzene rings is 3. The maximum atomic E-state index is 2.32. The largest absolute Gasteiger partial charge is 1.00 e. The smallest absolute Gasteiger partial charge is 0.215 e. The SMILES string of the molecule is Cc1cc(-c2ccccc2)cc2c3ccccc3c[n+](C)c12.[Cl-]. The Kier molecular flexibility index (Phi) is 4.06. The summed E-state index contributed by atoms with van der Waals surface area (Å²) in [5, 5.41) is 3.91. The Bertz CT molecular complexity index is 991. The summed E-state index contributed by atoms with van der Waals surface area (Å²) in [5.74, 6) is 0. The molecule has 0 saturated heterocycles. The molecule has 3 aromatic carbocycles. The predicted molar refractivity (Wildman–Crippen MR) is 92.8 cm³/mol. The zero-order chi connectivity index (χ0) is 15.1. The zero-order valence-corrected chi connectivity index (χ0v) is 14.0. The van der Waals surface area contributed by atoms with Crippen molar-refractivity contribution in [2.45, 2.75) is 6.92 Å². The number of aromatic nitrogens is 1. The van der Waals surface area contributed by atoms with Crippen molar-refractivity contribution in [1.29, 1.82) is 0 Å². The van der Waals surface area contributed by atoms with Crippen LogP contribution in [0, 0.1) is 6.92 Å². The number of pyridine rings is 1. The topological polar surface area (TPSA) is 3.88 Å². The van der Waals surface area contributed by atoms with Gasteiger partial charge in [0.15, 0.2) is 6.20 Å². The minimum Gasteiger partial charge on any atom is -1.00 e. The molecule has 0 bridgehead atoms. The van der Waals surface area contributed by atoms with Crippen LogP contribution in [0.4, 0.5) is 0 Å². The summed E-state index contributed by atoms with van der Waals surface area (Å²) in [6.07, 6.45) is 2.22. The number of fused-ring (bicyclic) bond motifs is 3. The molecule has 0 radical (unpaired) electrons. The highest BCUT2D eigenvalue weighted by Crippen LogP contribution is 2.30. The van der Waals surface area contributed by atoms with Crippen LogP contribution in [-0.2, 0) is 7.05 Å². The first-order valence-corrected chi connectivity index (χ1v) is 7.61. The number of nitrogens with zero attached hydrogens (tertiary/aromatic N) is 1. The van der Waals surface area contributed by atoms with Gasteiger partial charge in [-0.15, -0.1) is 0 Å². The van der Waals surface area contributed by atoms with Gasteiger partial charge in [-0.3, -0.25) is 0 Å². The molecule has 1 nitrogen and oxygen atoms in total. The van der Waals surface area contributed by atoms with Gasteiger partial charge in [0, 0.05) is 16.3 Å². The van der Waals surface area contributed by atoms with Crippen LogP contribution in [0.5, 0.6) is 0 Å². The summed E-state index contributed by atoms with van der Waals surface area (Å²) in [7, 11) is 2.13. The minimum atomic E-state index is 0. The molecule has 4 aromatic rings. The number of hydrogen-bond donors (Lipinski definition) is 0. The molecule has 0 saturated carbocycles. The number of aryl methyl sites for hydroxylation is 2. The van der Waals surface area contributed by atoms with Gasteiger partial charge in [0.2, 0.25) is 5.52 Å². The maximum absolute atomic E-state index is 2.32. The van der Waals surface area contributed by atoms with Crippen LogP contribution in [0.15, 0.2) is 72.9 Å². The van der Waals surface area contributed by atoms with Gasteiger partial charge >= 0.3 is 0 Å². The molecule has 0 N–H and O–H groups in total. The van der Waals surface area contributed by atoms with Gasteiger partial charge in [0.25, 0.3) is 0 Å². The molecule has 0 atom stereocenters. The van der Waals surface area contributed by atoms with E-state index in [1.54, 1.807) is 0 Å². The van der Waals surface area contributed by atoms with Crippen LogP contribution in [0.25, 0.3) is 32.8 Å². The molecule has 1 heterocycles. The highest BCUT2D eigenvalue weighted by molar-refractivity contribution is 6.06. The Morgan fingerprint density at radius 2 is 1.43 bits per heavy atom. The molecule has 0 aliphatic heterocycles. The second-order valence-electron chi connectivity index (χ2n) is 5.88. The van der Waals surface area contributed by atoms with Gasteiger partial charge in [-0.2, -0.15) is 0 Å². The van der Waals surface area contributed by atoms with Gasteiger partial charge in [-0.25, -0.2) is 4.57 Å². The first-order chi connectivity index (χ1) is 10.7. The predicted octanol–water partition coefficient (Wildman–Crippen LogP) is 1.80. The first kappa shape index (κ1) is 15.5. The van der Waals surface area contributed by atoms with Gasteiger partial charge in [-0.05, 0) is 36.2 Å². The lowest BCUT2D eigenvalue weighted by Crippen LogP contribution is -3.00. The van der Waals surface area contributed by atoms with Gasteiger partial charge in [0.1, 0.15) is 7.05 Å². The average Bonchev–Trinajstić information content (AvgIpc) is 2.55. The number of hydrogen-bond acceptors (Lipinski definition) is 0. The van der Waals surface area contributed by atoms with Crippen molar-refractivity contribution >= 4 is 21.7 Å². The summed E-state index contributed by atoms with van der Waals surface area (Å²) in [5.41, 5.74) is 5.16. The van der Waals surface area contributed by atoms with Gasteiger partial charge < -0.3 is 12.4 Å². The molecule has 2 heteroatoms. The Morgan fingerprint density at radius 1 is 0.739 bits per heavy atom. The summed E-state index contributed by atoms with van der Waals surface area (Å²) in [6.45, 7) is 2.20. The molecule has 114 valence electrons. The highest BCUT2D eigenvalue weighted by Gasteiger charge is 2.14. The molecular formula is C21H18ClN. The van der Waals surface area contributed by atoms with Crippen molar-refractivity contribution in [3.63, 3.8) is 0 Å². The lowest BCUT2D eigenvalue weighted by atomic mass is 9.97. The van der Waals surface area contributed by atoms with Crippen molar-refractivity contribution in [2.75, 3.05) is 0 Å². The van der Waals surface area contributed by atoms with Crippen molar-refractivity contribution in [3.8, 4) is 11.1 Å². The fraction of sp³-hybridized carbons (Fsp3) is 0.0952. The van der Waals surface area contributed by atoms with Crippen LogP contribution in [0.1, 0.15) is 5.56 Å². The second-order valence-corrected chi connectivity index (χ2v) is 5.88. The van der Waals surface area contributed by atoms with E-state index in [0.29, 0.717) is 0 Å². The quantitative estimate of drug-likeness (QED) is 0.372. The van der Waals surface area contributed by atoms with E-state index in [4.69, 9.17) is 0 Å². The van der Waals surface area contributed by atoms with Gasteiger partial charge in [0.05, 0.1) is 5.39 Å². The van der Waals surface area contributed by atoms with E-state index >= 15 is 0 Å². The number of halogens is 1. The van der Waals surface area contributed by atoms with Crippen molar-refractivity contribution in [2.24, 2.45) is 7.05 Å². The van der Waals surface area contributed by atoms with E-state index in [9.17, 15) is 0 Å². The third-order valence-corrected chi connectivity index (χ3v) is 4.34. The van der Waals surface area contributed by atoms with Crippen LogP contribution >= 0.6 is 0 Å². The average molecular weight is 320 g/mol. The Hall–Kier alpha value is -2.38. The molecule has 1 aromatic heterocycles. The molecule has 0 aliphatic carbocycles. The fourth-order valence-electron chi connectivity index (χ4n) is 3.38. The van der Waals surface area contributed by atoms with Crippen molar-refractivity contribution in [1.82, 2.24) is 0 Å². The molecule has 0 fully saturated rings. The summed E-state index contributed by atoms with van der Waals surface area (Å²) in [4.78, 5) is 0. The highest BCUT2D eigenvalue weighted by atomic mass is 35.5. The second kappa shape index (κ2) is 6.02. The monoisotopic (exact) mass is 319 g/mol. The molecule has 23 heavy (non-hydrogen) atoms. The molecular weight excluding hydrogens is 302 g/mol. The lowest BCUT2D eigenvalue weighted by molar-refractivity contribution is -0.643. The summed E-state index contributed by atoms with van der Waals surface area (Å²) in [6, 6.07) is 23.8. The third kappa shape index (κ3) is 2.58. The summed E-state index contributed by atoms with van der Waals surface area (Å²) < 4.78 is 2.24. The third-order valence-electron chi connectivity index (χ3n) is 4.34. The minimum absolute atomic E-state index is 0. The van der Waals surface area contributed by atoms with Crippen LogP contribution in [-0.4, -0.2) is 0 Å². The van der Waals surface area contributed by atoms with E-state index in [1.165, 1.54) is 38.4 Å².